The molecule has 2 heterocycles. The summed E-state index contributed by atoms with van der Waals surface area (Å²) in [4.78, 5) is 24.0. The van der Waals surface area contributed by atoms with Crippen molar-refractivity contribution in [2.75, 3.05) is 11.9 Å². The second kappa shape index (κ2) is 8.54. The molecule has 0 radical (unpaired) electrons. The minimum absolute atomic E-state index is 0. The zero-order valence-corrected chi connectivity index (χ0v) is 15.4. The van der Waals surface area contributed by atoms with Crippen LogP contribution in [0.25, 0.3) is 0 Å². The Kier molecular flexibility index (Phi) is 6.67. The van der Waals surface area contributed by atoms with E-state index in [2.05, 4.69) is 16.0 Å². The third kappa shape index (κ3) is 4.64. The molecule has 3 N–H and O–H groups in total. The van der Waals surface area contributed by atoms with E-state index in [1.807, 2.05) is 32.0 Å². The number of anilines is 1. The van der Waals surface area contributed by atoms with E-state index < -0.39 is 6.10 Å². The topological polar surface area (TPSA) is 79.5 Å². The summed E-state index contributed by atoms with van der Waals surface area (Å²) in [5.41, 5.74) is 1.65. The molecule has 1 fully saturated rings. The molecule has 7 heteroatoms. The van der Waals surface area contributed by atoms with Crippen molar-refractivity contribution in [1.82, 2.24) is 10.6 Å². The Labute approximate surface area is 154 Å². The van der Waals surface area contributed by atoms with Gasteiger partial charge in [0, 0.05) is 12.5 Å². The van der Waals surface area contributed by atoms with Crippen LogP contribution in [0.4, 0.5) is 5.69 Å². The van der Waals surface area contributed by atoms with Crippen molar-refractivity contribution in [2.24, 2.45) is 0 Å². The number of halogens is 1. The van der Waals surface area contributed by atoms with Crippen molar-refractivity contribution < 1.29 is 14.3 Å². The van der Waals surface area contributed by atoms with E-state index >= 15 is 0 Å². The lowest BCUT2D eigenvalue weighted by atomic mass is 10.0. The van der Waals surface area contributed by atoms with Gasteiger partial charge < -0.3 is 20.7 Å². The number of ether oxygens (including phenoxy) is 1. The van der Waals surface area contributed by atoms with Crippen molar-refractivity contribution in [1.29, 1.82) is 0 Å². The SMILES string of the molecule is CCC1Oc2cc(C(C)NC(=O)CC3CCCN3)ccc2NC1=O.Cl. The van der Waals surface area contributed by atoms with Crippen LogP contribution in [-0.2, 0) is 9.59 Å². The molecule has 0 spiro atoms. The number of carbonyl (C=O) groups is 2. The first kappa shape index (κ1) is 19.5. The van der Waals surface area contributed by atoms with E-state index in [-0.39, 0.29) is 30.3 Å². The van der Waals surface area contributed by atoms with Crippen molar-refractivity contribution in [3.8, 4) is 5.75 Å². The minimum Gasteiger partial charge on any atom is -0.478 e. The lowest BCUT2D eigenvalue weighted by Gasteiger charge is -2.26. The summed E-state index contributed by atoms with van der Waals surface area (Å²) >= 11 is 0. The predicted molar refractivity (Wildman–Crippen MR) is 99.2 cm³/mol. The quantitative estimate of drug-likeness (QED) is 0.747. The van der Waals surface area contributed by atoms with Gasteiger partial charge in [-0.25, -0.2) is 0 Å². The van der Waals surface area contributed by atoms with Gasteiger partial charge in [0.1, 0.15) is 5.75 Å². The molecule has 0 aliphatic carbocycles. The molecule has 138 valence electrons. The number of rotatable bonds is 5. The van der Waals surface area contributed by atoms with Crippen LogP contribution in [0, 0.1) is 0 Å². The minimum atomic E-state index is -0.453. The summed E-state index contributed by atoms with van der Waals surface area (Å²) in [5.74, 6) is 0.612. The standard InChI is InChI=1S/C18H25N3O3.ClH/c1-3-15-18(23)21-14-7-6-12(9-16(14)24-15)11(2)20-17(22)10-13-5-4-8-19-13;/h6-7,9,11,13,15,19H,3-5,8,10H2,1-2H3,(H,20,22)(H,21,23);1H. The molecule has 0 bridgehead atoms. The number of benzene rings is 1. The Hall–Kier alpha value is -1.79. The maximum atomic E-state index is 12.2. The van der Waals surface area contributed by atoms with Crippen LogP contribution < -0.4 is 20.7 Å². The van der Waals surface area contributed by atoms with Gasteiger partial charge >= 0.3 is 0 Å². The number of hydrogen-bond donors (Lipinski definition) is 3. The Morgan fingerprint density at radius 1 is 1.44 bits per heavy atom. The van der Waals surface area contributed by atoms with E-state index in [0.29, 0.717) is 30.3 Å². The molecule has 2 amide bonds. The summed E-state index contributed by atoms with van der Waals surface area (Å²) in [6.07, 6.45) is 2.88. The van der Waals surface area contributed by atoms with Gasteiger partial charge in [-0.05, 0) is 50.4 Å². The molecule has 1 aromatic rings. The Morgan fingerprint density at radius 2 is 2.24 bits per heavy atom. The maximum Gasteiger partial charge on any atom is 0.265 e. The normalized spacial score (nSPS) is 22.9. The molecule has 0 aromatic heterocycles. The third-order valence-electron chi connectivity index (χ3n) is 4.67. The zero-order chi connectivity index (χ0) is 17.1. The fraction of sp³-hybridized carbons (Fsp3) is 0.556. The van der Waals surface area contributed by atoms with Gasteiger partial charge in [-0.1, -0.05) is 13.0 Å². The molecule has 25 heavy (non-hydrogen) atoms. The highest BCUT2D eigenvalue weighted by Crippen LogP contribution is 2.33. The second-order valence-electron chi connectivity index (χ2n) is 6.55. The van der Waals surface area contributed by atoms with Crippen LogP contribution in [0.5, 0.6) is 5.75 Å². The molecular formula is C18H26ClN3O3. The van der Waals surface area contributed by atoms with E-state index in [4.69, 9.17) is 4.74 Å². The first-order valence-electron chi connectivity index (χ1n) is 8.71. The van der Waals surface area contributed by atoms with Gasteiger partial charge in [0.2, 0.25) is 5.91 Å². The summed E-state index contributed by atoms with van der Waals surface area (Å²) in [7, 11) is 0. The molecular weight excluding hydrogens is 342 g/mol. The largest absolute Gasteiger partial charge is 0.478 e. The summed E-state index contributed by atoms with van der Waals surface area (Å²) in [6, 6.07) is 5.83. The summed E-state index contributed by atoms with van der Waals surface area (Å²) in [5, 5.41) is 9.23. The highest BCUT2D eigenvalue weighted by Gasteiger charge is 2.26. The van der Waals surface area contributed by atoms with Crippen LogP contribution in [0.3, 0.4) is 0 Å². The first-order valence-corrected chi connectivity index (χ1v) is 8.71. The molecule has 1 saturated heterocycles. The van der Waals surface area contributed by atoms with Crippen molar-refractivity contribution in [2.45, 2.75) is 57.7 Å². The van der Waals surface area contributed by atoms with Gasteiger partial charge in [-0.3, -0.25) is 9.59 Å². The maximum absolute atomic E-state index is 12.2. The van der Waals surface area contributed by atoms with Crippen LogP contribution in [0.1, 0.15) is 51.1 Å². The molecule has 3 atom stereocenters. The van der Waals surface area contributed by atoms with Crippen molar-refractivity contribution >= 4 is 29.9 Å². The monoisotopic (exact) mass is 367 g/mol. The van der Waals surface area contributed by atoms with E-state index in [1.54, 1.807) is 0 Å². The second-order valence-corrected chi connectivity index (χ2v) is 6.55. The van der Waals surface area contributed by atoms with Gasteiger partial charge in [-0.15, -0.1) is 12.4 Å². The smallest absolute Gasteiger partial charge is 0.265 e. The van der Waals surface area contributed by atoms with E-state index in [0.717, 1.165) is 24.9 Å². The Balaban J connectivity index is 0.00000225. The van der Waals surface area contributed by atoms with Gasteiger partial charge in [0.25, 0.3) is 5.91 Å². The molecule has 6 nitrogen and oxygen atoms in total. The van der Waals surface area contributed by atoms with Crippen LogP contribution in [-0.4, -0.2) is 30.5 Å². The Morgan fingerprint density at radius 3 is 2.92 bits per heavy atom. The number of amides is 2. The Bertz CT molecular complexity index is 632. The fourth-order valence-electron chi connectivity index (χ4n) is 3.24. The zero-order valence-electron chi connectivity index (χ0n) is 14.6. The molecule has 2 aliphatic heterocycles. The molecule has 3 rings (SSSR count). The van der Waals surface area contributed by atoms with E-state index in [1.165, 1.54) is 0 Å². The van der Waals surface area contributed by atoms with Gasteiger partial charge in [0.15, 0.2) is 6.10 Å². The molecule has 2 aliphatic rings. The van der Waals surface area contributed by atoms with E-state index in [9.17, 15) is 9.59 Å². The number of fused-ring (bicyclic) bond motifs is 1. The number of hydrogen-bond acceptors (Lipinski definition) is 4. The van der Waals surface area contributed by atoms with Crippen LogP contribution in [0.15, 0.2) is 18.2 Å². The average Bonchev–Trinajstić information content (AvgIpc) is 3.06. The first-order chi connectivity index (χ1) is 11.6. The highest BCUT2D eigenvalue weighted by molar-refractivity contribution is 5.97. The molecule has 1 aromatic carbocycles. The number of carbonyl (C=O) groups excluding carboxylic acids is 2. The third-order valence-corrected chi connectivity index (χ3v) is 4.67. The van der Waals surface area contributed by atoms with Gasteiger partial charge in [0.05, 0.1) is 11.7 Å². The molecule has 0 saturated carbocycles. The fourth-order valence-corrected chi connectivity index (χ4v) is 3.24. The van der Waals surface area contributed by atoms with Crippen molar-refractivity contribution in [3.63, 3.8) is 0 Å². The van der Waals surface area contributed by atoms with Crippen LogP contribution >= 0.6 is 12.4 Å². The van der Waals surface area contributed by atoms with Crippen molar-refractivity contribution in [3.05, 3.63) is 23.8 Å². The summed E-state index contributed by atoms with van der Waals surface area (Å²) < 4.78 is 5.76. The average molecular weight is 368 g/mol. The van der Waals surface area contributed by atoms with Gasteiger partial charge in [-0.2, -0.15) is 0 Å². The summed E-state index contributed by atoms with van der Waals surface area (Å²) in [6.45, 7) is 4.87. The lowest BCUT2D eigenvalue weighted by Crippen LogP contribution is -2.36. The number of nitrogens with one attached hydrogen (secondary N) is 3. The lowest BCUT2D eigenvalue weighted by molar-refractivity contribution is -0.123. The predicted octanol–water partition coefficient (Wildman–Crippen LogP) is 2.54. The van der Waals surface area contributed by atoms with Crippen LogP contribution in [0.2, 0.25) is 0 Å². The molecule has 3 unspecified atom stereocenters. The highest BCUT2D eigenvalue weighted by atomic mass is 35.5.